The molecule has 0 unspecified atom stereocenters. The molecule has 0 heterocycles. The van der Waals surface area contributed by atoms with Crippen LogP contribution in [0.4, 0.5) is 0 Å². The van der Waals surface area contributed by atoms with Gasteiger partial charge in [-0.25, -0.2) is 0 Å². The zero-order valence-electron chi connectivity index (χ0n) is 43.8. The fourth-order valence-corrected chi connectivity index (χ4v) is 6.39. The summed E-state index contributed by atoms with van der Waals surface area (Å²) in [6, 6.07) is -9.91. The Hall–Kier alpha value is -6.48. The van der Waals surface area contributed by atoms with Gasteiger partial charge in [-0.2, -0.15) is 0 Å². The maximum atomic E-state index is 13.8. The molecule has 19 N–H and O–H groups in total. The van der Waals surface area contributed by atoms with E-state index >= 15 is 0 Å². The van der Waals surface area contributed by atoms with Crippen molar-refractivity contribution in [1.29, 1.82) is 0 Å². The molecule has 0 saturated heterocycles. The first-order valence-electron chi connectivity index (χ1n) is 24.8. The zero-order valence-corrected chi connectivity index (χ0v) is 43.8. The average molecular weight is 1040 g/mol. The van der Waals surface area contributed by atoms with Gasteiger partial charge in [-0.05, 0) is 78.3 Å². The number of hydrogen-bond donors (Lipinski definition) is 15. The molecule has 0 aliphatic heterocycles. The third-order valence-corrected chi connectivity index (χ3v) is 10.1. The third kappa shape index (κ3) is 31.6. The Kier molecular flexibility index (Phi) is 33.2. The summed E-state index contributed by atoms with van der Waals surface area (Å²) in [7, 11) is 0. The molecule has 416 valence electrons. The van der Waals surface area contributed by atoms with Gasteiger partial charge in [0.2, 0.25) is 70.9 Å². The van der Waals surface area contributed by atoms with E-state index in [1.54, 1.807) is 41.5 Å². The van der Waals surface area contributed by atoms with Crippen LogP contribution in [-0.4, -0.2) is 158 Å². The number of carbonyl (C=O) groups is 12. The molecule has 27 heteroatoms. The summed E-state index contributed by atoms with van der Waals surface area (Å²) in [5, 5.41) is 27.6. The smallest absolute Gasteiger partial charge is 0.243 e. The van der Waals surface area contributed by atoms with E-state index in [4.69, 9.17) is 22.9 Å². The monoisotopic (exact) mass is 1040 g/mol. The van der Waals surface area contributed by atoms with Crippen LogP contribution in [0.1, 0.15) is 120 Å². The van der Waals surface area contributed by atoms with E-state index in [0.717, 1.165) is 0 Å². The van der Waals surface area contributed by atoms with E-state index in [9.17, 15) is 57.5 Å². The van der Waals surface area contributed by atoms with Gasteiger partial charge in [0.25, 0.3) is 0 Å². The Labute approximate surface area is 428 Å². The van der Waals surface area contributed by atoms with Gasteiger partial charge in [-0.15, -0.1) is 0 Å². The van der Waals surface area contributed by atoms with E-state index in [1.165, 1.54) is 0 Å². The van der Waals surface area contributed by atoms with Gasteiger partial charge in [-0.3, -0.25) is 57.5 Å². The molecule has 6 atom stereocenters. The predicted molar refractivity (Wildman–Crippen MR) is 269 cm³/mol. The Morgan fingerprint density at radius 2 is 0.644 bits per heavy atom. The normalized spacial score (nSPS) is 13.5. The second-order valence-corrected chi connectivity index (χ2v) is 19.1. The number of unbranched alkanes of at least 4 members (excludes halogenated alkanes) is 2. The maximum absolute atomic E-state index is 13.8. The Morgan fingerprint density at radius 1 is 0.356 bits per heavy atom. The van der Waals surface area contributed by atoms with Gasteiger partial charge in [-0.1, -0.05) is 27.7 Å². The van der Waals surface area contributed by atoms with Crippen LogP contribution in [0.2, 0.25) is 0 Å². The predicted octanol–water partition coefficient (Wildman–Crippen LogP) is -5.13. The molecular weight excluding hydrogens is 955 g/mol. The van der Waals surface area contributed by atoms with Crippen molar-refractivity contribution in [2.75, 3.05) is 39.3 Å². The lowest BCUT2D eigenvalue weighted by Crippen LogP contribution is -2.56. The van der Waals surface area contributed by atoms with Crippen LogP contribution < -0.4 is 81.4 Å². The highest BCUT2D eigenvalue weighted by Crippen LogP contribution is 2.06. The first-order valence-corrected chi connectivity index (χ1v) is 24.8. The maximum Gasteiger partial charge on any atom is 0.243 e. The van der Waals surface area contributed by atoms with Crippen molar-refractivity contribution in [3.05, 3.63) is 0 Å². The summed E-state index contributed by atoms with van der Waals surface area (Å²) < 4.78 is 0. The molecule has 0 rings (SSSR count). The fourth-order valence-electron chi connectivity index (χ4n) is 6.39. The van der Waals surface area contributed by atoms with Crippen LogP contribution in [0.15, 0.2) is 0 Å². The molecule has 0 aliphatic rings. The molecule has 0 aliphatic carbocycles. The molecule has 0 fully saturated rings. The number of primary amides is 1. The lowest BCUT2D eigenvalue weighted by molar-refractivity contribution is -0.136. The highest BCUT2D eigenvalue weighted by molar-refractivity contribution is 5.99. The Bertz CT molecular complexity index is 1850. The van der Waals surface area contributed by atoms with E-state index in [0.29, 0.717) is 38.8 Å². The molecule has 0 bridgehead atoms. The van der Waals surface area contributed by atoms with Gasteiger partial charge in [0.1, 0.15) is 30.2 Å². The quantitative estimate of drug-likeness (QED) is 0.0259. The summed E-state index contributed by atoms with van der Waals surface area (Å²) >= 11 is 0. The van der Waals surface area contributed by atoms with E-state index in [1.807, 2.05) is 13.8 Å². The summed E-state index contributed by atoms with van der Waals surface area (Å²) in [4.78, 5) is 158. The van der Waals surface area contributed by atoms with Crippen LogP contribution in [0.25, 0.3) is 0 Å². The summed E-state index contributed by atoms with van der Waals surface area (Å²) in [6.07, 6.45) is -2.20. The lowest BCUT2D eigenvalue weighted by Gasteiger charge is -2.24. The van der Waals surface area contributed by atoms with Crippen LogP contribution in [0.5, 0.6) is 0 Å². The van der Waals surface area contributed by atoms with Gasteiger partial charge < -0.3 is 81.4 Å². The number of nitrogens with two attached hydrogens (primary N) is 4. The molecule has 0 aromatic rings. The van der Waals surface area contributed by atoms with Crippen LogP contribution in [0, 0.1) is 11.8 Å². The van der Waals surface area contributed by atoms with Crippen molar-refractivity contribution in [1.82, 2.24) is 58.5 Å². The Balaban J connectivity index is 6.62. The summed E-state index contributed by atoms with van der Waals surface area (Å²) in [6.45, 7) is 15.1. The lowest BCUT2D eigenvalue weighted by atomic mass is 10.1. The summed E-state index contributed by atoms with van der Waals surface area (Å²) in [5.74, 6) is -10.3. The minimum Gasteiger partial charge on any atom is -0.370 e. The molecule has 0 spiro atoms. The SMILES string of the molecule is CC(C)CNC(=O)[C@H](CC(N)=O)NC(=O)C[C@H](NC(=O)C[C@H](NC(=O)C[C@H](NC(=O)C[C@H](NC(=O)C[C@H](N)C(=O)NC(C)C)C(=O)NCCCCN)C(=O)NCC(C)C)C(=O)NC(C)C)C(=O)NCCCCN. The fraction of sp³-hybridized carbons (Fsp3) is 0.739. The molecule has 0 aromatic heterocycles. The first-order chi connectivity index (χ1) is 34.2. The number of hydrogen-bond acceptors (Lipinski definition) is 15. The summed E-state index contributed by atoms with van der Waals surface area (Å²) in [5.41, 5.74) is 22.3. The number of nitrogens with one attached hydrogen (secondary N) is 11. The third-order valence-electron chi connectivity index (χ3n) is 10.1. The Morgan fingerprint density at radius 3 is 0.945 bits per heavy atom. The highest BCUT2D eigenvalue weighted by atomic mass is 16.2. The molecule has 27 nitrogen and oxygen atoms in total. The van der Waals surface area contributed by atoms with Crippen molar-refractivity contribution in [2.45, 2.75) is 168 Å². The van der Waals surface area contributed by atoms with Gasteiger partial charge in [0.15, 0.2) is 0 Å². The van der Waals surface area contributed by atoms with E-state index < -0.39 is 152 Å². The molecule has 0 radical (unpaired) electrons. The highest BCUT2D eigenvalue weighted by Gasteiger charge is 2.33. The molecular formula is C46H85N15O12. The van der Waals surface area contributed by atoms with Crippen molar-refractivity contribution in [2.24, 2.45) is 34.8 Å². The topological polar surface area (TPSA) is 441 Å². The zero-order chi connectivity index (χ0) is 55.8. The molecule has 0 aromatic carbocycles. The molecule has 12 amide bonds. The van der Waals surface area contributed by atoms with Crippen molar-refractivity contribution in [3.63, 3.8) is 0 Å². The van der Waals surface area contributed by atoms with Gasteiger partial charge in [0.05, 0.1) is 44.6 Å². The van der Waals surface area contributed by atoms with Crippen LogP contribution in [0.3, 0.4) is 0 Å². The minimum absolute atomic E-state index is 0.0246. The van der Waals surface area contributed by atoms with Crippen LogP contribution in [-0.2, 0) is 57.5 Å². The first kappa shape index (κ1) is 66.5. The standard InChI is InChI=1S/C46H85N15O12/c1-25(2)23-53-44(71)30(18-35(50)62)57-37(64)20-32(43(70)52-16-12-10-14-48)59-40(67)22-34(46(73)56-28(7)8)61-39(66)21-33(45(72)54-24-26(3)4)60-38(65)19-31(42(69)51-15-11-9-13-47)58-36(63)17-29(49)41(68)55-27(5)6/h25-34H,9-24,47-49H2,1-8H3,(H2,50,62)(H,51,69)(H,52,70)(H,53,71)(H,54,72)(H,55,68)(H,56,73)(H,57,64)(H,58,63)(H,59,67)(H,60,65)(H,61,66)/t29-,30-,31-,32-,33-,34-/m0/s1. The van der Waals surface area contributed by atoms with Gasteiger partial charge >= 0.3 is 0 Å². The van der Waals surface area contributed by atoms with Crippen molar-refractivity contribution >= 4 is 70.9 Å². The molecule has 0 saturated carbocycles. The van der Waals surface area contributed by atoms with Crippen molar-refractivity contribution < 1.29 is 57.5 Å². The second-order valence-electron chi connectivity index (χ2n) is 19.1. The minimum atomic E-state index is -1.66. The average Bonchev–Trinajstić information content (AvgIpc) is 3.28. The van der Waals surface area contributed by atoms with Crippen LogP contribution >= 0.6 is 0 Å². The van der Waals surface area contributed by atoms with Gasteiger partial charge in [0, 0.05) is 38.3 Å². The molecule has 73 heavy (non-hydrogen) atoms. The number of amides is 12. The van der Waals surface area contributed by atoms with E-state index in [2.05, 4.69) is 58.5 Å². The second kappa shape index (κ2) is 36.4. The number of rotatable bonds is 37. The largest absolute Gasteiger partial charge is 0.370 e. The van der Waals surface area contributed by atoms with Crippen molar-refractivity contribution in [3.8, 4) is 0 Å². The number of carbonyl (C=O) groups excluding carboxylic acids is 12. The van der Waals surface area contributed by atoms with E-state index in [-0.39, 0.29) is 44.1 Å².